The molecule has 1 aromatic carbocycles. The Hall–Kier alpha value is -2.61. The molecule has 0 fully saturated rings. The maximum Gasteiger partial charge on any atom is 0.433 e. The van der Waals surface area contributed by atoms with Gasteiger partial charge < -0.3 is 5.32 Å². The van der Waals surface area contributed by atoms with Crippen LogP contribution in [-0.4, -0.2) is 28.2 Å². The van der Waals surface area contributed by atoms with Crippen LogP contribution in [-0.2, 0) is 12.6 Å². The maximum absolute atomic E-state index is 13.1. The summed E-state index contributed by atoms with van der Waals surface area (Å²) in [5, 5.41) is 3.42. The number of halogens is 3. The number of fused-ring (bicyclic) bond motifs is 1. The number of alkyl halides is 3. The Kier molecular flexibility index (Phi) is 7.31. The lowest BCUT2D eigenvalue weighted by atomic mass is 10.1. The third-order valence-corrected chi connectivity index (χ3v) is 5.55. The highest BCUT2D eigenvalue weighted by Gasteiger charge is 2.33. The van der Waals surface area contributed by atoms with Crippen molar-refractivity contribution in [1.82, 2.24) is 15.3 Å². The first-order valence-corrected chi connectivity index (χ1v) is 10.7. The Labute approximate surface area is 177 Å². The molecule has 0 unspecified atom stereocenters. The lowest BCUT2D eigenvalue weighted by Crippen LogP contribution is -2.26. The van der Waals surface area contributed by atoms with Gasteiger partial charge in [-0.1, -0.05) is 37.6 Å². The van der Waals surface area contributed by atoms with Gasteiger partial charge in [0.1, 0.15) is 11.4 Å². The van der Waals surface area contributed by atoms with E-state index in [0.717, 1.165) is 30.9 Å². The van der Waals surface area contributed by atoms with Gasteiger partial charge in [0.15, 0.2) is 0 Å². The molecule has 0 aliphatic heterocycles. The van der Waals surface area contributed by atoms with Crippen molar-refractivity contribution in [2.75, 3.05) is 12.3 Å². The summed E-state index contributed by atoms with van der Waals surface area (Å²) in [5.74, 6) is 0.124. The van der Waals surface area contributed by atoms with Crippen molar-refractivity contribution in [3.63, 3.8) is 0 Å². The number of aryl methyl sites for hydroxylation is 1. The molecule has 0 saturated carbocycles. The van der Waals surface area contributed by atoms with Gasteiger partial charge in [0, 0.05) is 28.8 Å². The second-order valence-electron chi connectivity index (χ2n) is 6.78. The standard InChI is InChI=1S/C22H22F3N3OS/c1-2-3-6-15-9-10-18(27-14-15)21(29)26-11-12-30-19-13-20(22(23,24)25)28-17-8-5-4-7-16(17)19/h4-5,7-10,13-14H,2-3,6,11-12H2,1H3,(H,26,29). The molecule has 0 atom stereocenters. The fourth-order valence-electron chi connectivity index (χ4n) is 2.91. The third kappa shape index (κ3) is 5.72. The molecule has 8 heteroatoms. The van der Waals surface area contributed by atoms with E-state index in [1.165, 1.54) is 11.8 Å². The molecule has 3 aromatic rings. The number of aromatic nitrogens is 2. The first-order chi connectivity index (χ1) is 14.4. The number of unbranched alkanes of at least 4 members (excludes halogenated alkanes) is 1. The minimum absolute atomic E-state index is 0.297. The molecule has 1 amide bonds. The predicted molar refractivity (Wildman–Crippen MR) is 113 cm³/mol. The monoisotopic (exact) mass is 433 g/mol. The fourth-order valence-corrected chi connectivity index (χ4v) is 3.86. The van der Waals surface area contributed by atoms with E-state index >= 15 is 0 Å². The zero-order chi connectivity index (χ0) is 21.6. The Morgan fingerprint density at radius 2 is 1.97 bits per heavy atom. The van der Waals surface area contributed by atoms with Crippen LogP contribution >= 0.6 is 11.8 Å². The molecule has 0 aliphatic rings. The molecule has 30 heavy (non-hydrogen) atoms. The van der Waals surface area contributed by atoms with Crippen LogP contribution in [0.25, 0.3) is 10.9 Å². The van der Waals surface area contributed by atoms with Gasteiger partial charge in [-0.25, -0.2) is 4.98 Å². The molecule has 0 radical (unpaired) electrons. The van der Waals surface area contributed by atoms with E-state index in [4.69, 9.17) is 0 Å². The van der Waals surface area contributed by atoms with Crippen LogP contribution in [0, 0.1) is 0 Å². The summed E-state index contributed by atoms with van der Waals surface area (Å²) >= 11 is 1.25. The van der Waals surface area contributed by atoms with E-state index in [1.54, 1.807) is 36.5 Å². The number of hydrogen-bond acceptors (Lipinski definition) is 4. The van der Waals surface area contributed by atoms with Crippen LogP contribution in [0.3, 0.4) is 0 Å². The minimum atomic E-state index is -4.51. The molecule has 0 spiro atoms. The van der Waals surface area contributed by atoms with Crippen LogP contribution in [0.1, 0.15) is 41.5 Å². The third-order valence-electron chi connectivity index (χ3n) is 4.49. The van der Waals surface area contributed by atoms with Crippen LogP contribution < -0.4 is 5.32 Å². The van der Waals surface area contributed by atoms with Gasteiger partial charge in [-0.15, -0.1) is 11.8 Å². The summed E-state index contributed by atoms with van der Waals surface area (Å²) in [4.78, 5) is 20.6. The number of amides is 1. The average molecular weight is 433 g/mol. The van der Waals surface area contributed by atoms with Crippen molar-refractivity contribution in [1.29, 1.82) is 0 Å². The first kappa shape index (κ1) is 22.1. The quantitative estimate of drug-likeness (QED) is 0.376. The molecule has 1 N–H and O–H groups in total. The molecular weight excluding hydrogens is 411 g/mol. The van der Waals surface area contributed by atoms with Gasteiger partial charge in [-0.05, 0) is 36.6 Å². The molecule has 158 valence electrons. The van der Waals surface area contributed by atoms with Gasteiger partial charge in [-0.2, -0.15) is 13.2 Å². The van der Waals surface area contributed by atoms with E-state index < -0.39 is 11.9 Å². The van der Waals surface area contributed by atoms with Gasteiger partial charge in [0.2, 0.25) is 0 Å². The lowest BCUT2D eigenvalue weighted by Gasteiger charge is -2.11. The number of carbonyl (C=O) groups excluding carboxylic acids is 1. The van der Waals surface area contributed by atoms with Gasteiger partial charge in [-0.3, -0.25) is 9.78 Å². The Morgan fingerprint density at radius 3 is 2.67 bits per heavy atom. The number of benzene rings is 1. The molecule has 0 bridgehead atoms. The smallest absolute Gasteiger partial charge is 0.350 e. The van der Waals surface area contributed by atoms with Crippen molar-refractivity contribution in [3.05, 3.63) is 65.6 Å². The van der Waals surface area contributed by atoms with E-state index in [0.29, 0.717) is 33.8 Å². The Balaban J connectivity index is 1.60. The normalized spacial score (nSPS) is 11.6. The van der Waals surface area contributed by atoms with Crippen molar-refractivity contribution in [2.24, 2.45) is 0 Å². The topological polar surface area (TPSA) is 54.9 Å². The molecule has 2 heterocycles. The lowest BCUT2D eigenvalue weighted by molar-refractivity contribution is -0.141. The number of para-hydroxylation sites is 1. The second kappa shape index (κ2) is 9.93. The maximum atomic E-state index is 13.1. The summed E-state index contributed by atoms with van der Waals surface area (Å²) in [6.45, 7) is 2.42. The molecule has 0 saturated heterocycles. The summed E-state index contributed by atoms with van der Waals surface area (Å²) in [6, 6.07) is 11.4. The highest BCUT2D eigenvalue weighted by molar-refractivity contribution is 7.99. The van der Waals surface area contributed by atoms with Gasteiger partial charge in [0.25, 0.3) is 5.91 Å². The van der Waals surface area contributed by atoms with Crippen molar-refractivity contribution in [3.8, 4) is 0 Å². The number of carbonyl (C=O) groups is 1. The predicted octanol–water partition coefficient (Wildman–Crippen LogP) is 5.51. The number of nitrogens with zero attached hydrogens (tertiary/aromatic N) is 2. The molecule has 4 nitrogen and oxygen atoms in total. The Morgan fingerprint density at radius 1 is 1.17 bits per heavy atom. The zero-order valence-electron chi connectivity index (χ0n) is 16.5. The van der Waals surface area contributed by atoms with E-state index in [2.05, 4.69) is 22.2 Å². The number of pyridine rings is 2. The van der Waals surface area contributed by atoms with Crippen LogP contribution in [0.4, 0.5) is 13.2 Å². The largest absolute Gasteiger partial charge is 0.433 e. The minimum Gasteiger partial charge on any atom is -0.350 e. The summed E-state index contributed by atoms with van der Waals surface area (Å²) < 4.78 is 39.4. The van der Waals surface area contributed by atoms with Crippen LogP contribution in [0.2, 0.25) is 0 Å². The SMILES string of the molecule is CCCCc1ccc(C(=O)NCCSc2cc(C(F)(F)F)nc3ccccc23)nc1. The number of hydrogen-bond donors (Lipinski definition) is 1. The summed E-state index contributed by atoms with van der Waals surface area (Å²) in [5.41, 5.74) is 0.800. The van der Waals surface area contributed by atoms with E-state index in [1.807, 2.05) is 6.07 Å². The van der Waals surface area contributed by atoms with Crippen molar-refractivity contribution < 1.29 is 18.0 Å². The van der Waals surface area contributed by atoms with Crippen molar-refractivity contribution in [2.45, 2.75) is 37.3 Å². The van der Waals surface area contributed by atoms with Gasteiger partial charge in [0.05, 0.1) is 5.52 Å². The highest BCUT2D eigenvalue weighted by atomic mass is 32.2. The first-order valence-electron chi connectivity index (χ1n) is 9.71. The molecule has 0 aliphatic carbocycles. The Bertz CT molecular complexity index is 1010. The molecular formula is C22H22F3N3OS. The van der Waals surface area contributed by atoms with E-state index in [-0.39, 0.29) is 5.91 Å². The summed E-state index contributed by atoms with van der Waals surface area (Å²) in [6.07, 6.45) is 0.298. The highest BCUT2D eigenvalue weighted by Crippen LogP contribution is 2.34. The van der Waals surface area contributed by atoms with E-state index in [9.17, 15) is 18.0 Å². The molecule has 2 aromatic heterocycles. The number of rotatable bonds is 8. The summed E-state index contributed by atoms with van der Waals surface area (Å²) in [7, 11) is 0. The number of nitrogens with one attached hydrogen (secondary N) is 1. The number of thioether (sulfide) groups is 1. The van der Waals surface area contributed by atoms with Crippen LogP contribution in [0.5, 0.6) is 0 Å². The second-order valence-corrected chi connectivity index (χ2v) is 7.92. The average Bonchev–Trinajstić information content (AvgIpc) is 2.74. The fraction of sp³-hybridized carbons (Fsp3) is 0.318. The zero-order valence-corrected chi connectivity index (χ0v) is 17.3. The van der Waals surface area contributed by atoms with Gasteiger partial charge >= 0.3 is 6.18 Å². The van der Waals surface area contributed by atoms with Crippen LogP contribution in [0.15, 0.2) is 53.6 Å². The van der Waals surface area contributed by atoms with Crippen molar-refractivity contribution >= 4 is 28.6 Å². The molecule has 3 rings (SSSR count).